The monoisotopic (exact) mass is 268 g/mol. The molecular weight excluding hydrogens is 259 g/mol. The van der Waals surface area contributed by atoms with E-state index in [1.54, 1.807) is 36.7 Å². The van der Waals surface area contributed by atoms with Gasteiger partial charge in [0, 0.05) is 23.5 Å². The molecule has 0 unspecified atom stereocenters. The molecule has 3 aromatic rings. The fourth-order valence-electron chi connectivity index (χ4n) is 1.89. The first-order chi connectivity index (χ1) is 9.78. The van der Waals surface area contributed by atoms with Crippen molar-refractivity contribution in [3.8, 4) is 22.6 Å². The summed E-state index contributed by atoms with van der Waals surface area (Å²) >= 11 is 0. The van der Waals surface area contributed by atoms with Crippen LogP contribution in [0, 0.1) is 5.82 Å². The molecule has 3 rings (SSSR count). The van der Waals surface area contributed by atoms with Crippen LogP contribution < -0.4 is 0 Å². The number of carbonyl (C=O) groups excluding carboxylic acids is 1. The Morgan fingerprint density at radius 1 is 1.00 bits per heavy atom. The van der Waals surface area contributed by atoms with Crippen molar-refractivity contribution in [1.82, 2.24) is 9.97 Å². The minimum Gasteiger partial charge on any atom is -0.433 e. The molecule has 98 valence electrons. The highest BCUT2D eigenvalue weighted by atomic mass is 19.1. The standard InChI is InChI=1S/C15H9FN2O2/c16-12-3-1-11(2-4-12)15-14(18-13(9-19)20-15)10-5-7-17-8-6-10/h1-9H. The SMILES string of the molecule is O=Cc1nc(-c2ccncc2)c(-c2ccc(F)cc2)o1. The van der Waals surface area contributed by atoms with E-state index in [2.05, 4.69) is 9.97 Å². The van der Waals surface area contributed by atoms with Crippen LogP contribution in [-0.2, 0) is 0 Å². The predicted octanol–water partition coefficient (Wildman–Crippen LogP) is 3.36. The summed E-state index contributed by atoms with van der Waals surface area (Å²) in [4.78, 5) is 18.9. The van der Waals surface area contributed by atoms with Crippen molar-refractivity contribution < 1.29 is 13.6 Å². The first-order valence-electron chi connectivity index (χ1n) is 5.90. The molecule has 1 aromatic carbocycles. The zero-order valence-corrected chi connectivity index (χ0v) is 10.3. The molecule has 0 aliphatic heterocycles. The fourth-order valence-corrected chi connectivity index (χ4v) is 1.89. The summed E-state index contributed by atoms with van der Waals surface area (Å²) in [6, 6.07) is 9.34. The average molecular weight is 268 g/mol. The number of hydrogen-bond acceptors (Lipinski definition) is 4. The van der Waals surface area contributed by atoms with Crippen LogP contribution in [0.4, 0.5) is 4.39 Å². The Hall–Kier alpha value is -2.82. The first kappa shape index (κ1) is 12.2. The number of oxazole rings is 1. The maximum absolute atomic E-state index is 13.0. The van der Waals surface area contributed by atoms with Gasteiger partial charge in [-0.1, -0.05) is 0 Å². The molecule has 0 radical (unpaired) electrons. The summed E-state index contributed by atoms with van der Waals surface area (Å²) in [6.07, 6.45) is 3.79. The van der Waals surface area contributed by atoms with Gasteiger partial charge in [-0.3, -0.25) is 9.78 Å². The normalized spacial score (nSPS) is 10.4. The van der Waals surface area contributed by atoms with E-state index >= 15 is 0 Å². The van der Waals surface area contributed by atoms with E-state index in [4.69, 9.17) is 4.42 Å². The predicted molar refractivity (Wildman–Crippen MR) is 70.5 cm³/mol. The molecule has 0 N–H and O–H groups in total. The molecule has 0 bridgehead atoms. The van der Waals surface area contributed by atoms with Gasteiger partial charge in [0.2, 0.25) is 6.29 Å². The van der Waals surface area contributed by atoms with Crippen molar-refractivity contribution in [3.05, 3.63) is 60.5 Å². The minimum atomic E-state index is -0.339. The van der Waals surface area contributed by atoms with Gasteiger partial charge in [-0.2, -0.15) is 0 Å². The molecule has 0 spiro atoms. The third kappa shape index (κ3) is 2.21. The van der Waals surface area contributed by atoms with Crippen LogP contribution in [0.3, 0.4) is 0 Å². The summed E-state index contributed by atoms with van der Waals surface area (Å²) in [5.41, 5.74) is 1.95. The van der Waals surface area contributed by atoms with Crippen LogP contribution in [0.5, 0.6) is 0 Å². The van der Waals surface area contributed by atoms with Crippen molar-refractivity contribution in [2.24, 2.45) is 0 Å². The smallest absolute Gasteiger partial charge is 0.260 e. The maximum atomic E-state index is 13.0. The summed E-state index contributed by atoms with van der Waals surface area (Å²) < 4.78 is 18.4. The van der Waals surface area contributed by atoms with Crippen molar-refractivity contribution >= 4 is 6.29 Å². The van der Waals surface area contributed by atoms with E-state index in [1.165, 1.54) is 12.1 Å². The Bertz CT molecular complexity index is 736. The molecule has 0 amide bonds. The van der Waals surface area contributed by atoms with Crippen LogP contribution >= 0.6 is 0 Å². The molecule has 0 aliphatic rings. The Kier molecular flexibility index (Phi) is 3.09. The van der Waals surface area contributed by atoms with E-state index < -0.39 is 0 Å². The Morgan fingerprint density at radius 2 is 1.70 bits per heavy atom. The van der Waals surface area contributed by atoms with E-state index in [9.17, 15) is 9.18 Å². The molecule has 0 fully saturated rings. The van der Waals surface area contributed by atoms with Crippen molar-refractivity contribution in [2.75, 3.05) is 0 Å². The zero-order chi connectivity index (χ0) is 13.9. The number of hydrogen-bond donors (Lipinski definition) is 0. The number of halogens is 1. The lowest BCUT2D eigenvalue weighted by Gasteiger charge is -2.01. The van der Waals surface area contributed by atoms with Crippen LogP contribution in [0.15, 0.2) is 53.2 Å². The fraction of sp³-hybridized carbons (Fsp3) is 0. The molecule has 0 atom stereocenters. The molecule has 0 saturated carbocycles. The van der Waals surface area contributed by atoms with Gasteiger partial charge in [0.25, 0.3) is 5.89 Å². The number of pyridine rings is 1. The molecule has 4 nitrogen and oxygen atoms in total. The molecule has 2 aromatic heterocycles. The van der Waals surface area contributed by atoms with Crippen LogP contribution in [0.25, 0.3) is 22.6 Å². The summed E-state index contributed by atoms with van der Waals surface area (Å²) in [7, 11) is 0. The van der Waals surface area contributed by atoms with E-state index in [1.807, 2.05) is 0 Å². The lowest BCUT2D eigenvalue weighted by atomic mass is 10.1. The van der Waals surface area contributed by atoms with Gasteiger partial charge in [0.05, 0.1) is 0 Å². The lowest BCUT2D eigenvalue weighted by molar-refractivity contribution is 0.109. The van der Waals surface area contributed by atoms with Crippen LogP contribution in [0.1, 0.15) is 10.7 Å². The van der Waals surface area contributed by atoms with E-state index in [0.29, 0.717) is 23.3 Å². The van der Waals surface area contributed by atoms with Crippen molar-refractivity contribution in [2.45, 2.75) is 0 Å². The Morgan fingerprint density at radius 3 is 2.35 bits per heavy atom. The maximum Gasteiger partial charge on any atom is 0.260 e. The number of nitrogens with zero attached hydrogens (tertiary/aromatic N) is 2. The molecular formula is C15H9FN2O2. The number of aldehydes is 1. The summed E-state index contributed by atoms with van der Waals surface area (Å²) in [5, 5.41) is 0. The van der Waals surface area contributed by atoms with Crippen LogP contribution in [-0.4, -0.2) is 16.3 Å². The molecule has 2 heterocycles. The van der Waals surface area contributed by atoms with Crippen molar-refractivity contribution in [3.63, 3.8) is 0 Å². The summed E-state index contributed by atoms with van der Waals surface area (Å²) in [6.45, 7) is 0. The topological polar surface area (TPSA) is 56.0 Å². The molecule has 5 heteroatoms. The molecule has 0 aliphatic carbocycles. The van der Waals surface area contributed by atoms with Gasteiger partial charge in [-0.25, -0.2) is 9.37 Å². The Labute approximate surface area is 113 Å². The van der Waals surface area contributed by atoms with E-state index in [0.717, 1.165) is 5.56 Å². The number of benzene rings is 1. The van der Waals surface area contributed by atoms with Crippen LogP contribution in [0.2, 0.25) is 0 Å². The second-order valence-corrected chi connectivity index (χ2v) is 4.09. The highest BCUT2D eigenvalue weighted by molar-refractivity contribution is 5.80. The Balaban J connectivity index is 2.17. The third-order valence-corrected chi connectivity index (χ3v) is 2.80. The van der Waals surface area contributed by atoms with Crippen molar-refractivity contribution in [1.29, 1.82) is 0 Å². The third-order valence-electron chi connectivity index (χ3n) is 2.80. The van der Waals surface area contributed by atoms with Gasteiger partial charge < -0.3 is 4.42 Å². The largest absolute Gasteiger partial charge is 0.433 e. The van der Waals surface area contributed by atoms with Gasteiger partial charge in [0.15, 0.2) is 5.76 Å². The molecule has 20 heavy (non-hydrogen) atoms. The minimum absolute atomic E-state index is 0.0175. The van der Waals surface area contributed by atoms with E-state index in [-0.39, 0.29) is 11.7 Å². The zero-order valence-electron chi connectivity index (χ0n) is 10.3. The highest BCUT2D eigenvalue weighted by Gasteiger charge is 2.16. The van der Waals surface area contributed by atoms with Gasteiger partial charge >= 0.3 is 0 Å². The number of aromatic nitrogens is 2. The summed E-state index contributed by atoms with van der Waals surface area (Å²) in [5.74, 6) is 0.0729. The number of rotatable bonds is 3. The molecule has 0 saturated heterocycles. The quantitative estimate of drug-likeness (QED) is 0.683. The highest BCUT2D eigenvalue weighted by Crippen LogP contribution is 2.32. The second kappa shape index (κ2) is 5.05. The van der Waals surface area contributed by atoms with Gasteiger partial charge in [0.1, 0.15) is 11.5 Å². The van der Waals surface area contributed by atoms with Gasteiger partial charge in [-0.05, 0) is 36.4 Å². The first-order valence-corrected chi connectivity index (χ1v) is 5.90. The van der Waals surface area contributed by atoms with Gasteiger partial charge in [-0.15, -0.1) is 0 Å². The second-order valence-electron chi connectivity index (χ2n) is 4.09. The lowest BCUT2D eigenvalue weighted by Crippen LogP contribution is -1.84. The number of carbonyl (C=O) groups is 1. The average Bonchev–Trinajstić information content (AvgIpc) is 2.93.